The van der Waals surface area contributed by atoms with Crippen LogP contribution in [0.4, 0.5) is 5.69 Å². The van der Waals surface area contributed by atoms with Gasteiger partial charge >= 0.3 is 0 Å². The van der Waals surface area contributed by atoms with Crippen LogP contribution in [0.15, 0.2) is 24.3 Å². The highest BCUT2D eigenvalue weighted by Crippen LogP contribution is 2.21. The molecule has 0 bridgehead atoms. The van der Waals surface area contributed by atoms with Gasteiger partial charge in [0.1, 0.15) is 9.88 Å². The summed E-state index contributed by atoms with van der Waals surface area (Å²) in [6.45, 7) is 4.61. The minimum atomic E-state index is -0.0840. The summed E-state index contributed by atoms with van der Waals surface area (Å²) in [6.07, 6.45) is 0. The van der Waals surface area contributed by atoms with Gasteiger partial charge in [-0.25, -0.2) is 4.98 Å². The molecule has 0 unspecified atom stereocenters. The van der Waals surface area contributed by atoms with Crippen LogP contribution in [-0.4, -0.2) is 29.9 Å². The SMILES string of the molecule is Cc1ccccc1NC(=O)c1sc(CN(C)C)nc1C. The number of nitrogens with one attached hydrogen (secondary N) is 1. The highest BCUT2D eigenvalue weighted by atomic mass is 32.1. The second kappa shape index (κ2) is 6.15. The van der Waals surface area contributed by atoms with Crippen molar-refractivity contribution in [3.8, 4) is 0 Å². The maximum absolute atomic E-state index is 12.3. The lowest BCUT2D eigenvalue weighted by Crippen LogP contribution is -2.12. The molecule has 1 aromatic heterocycles. The third-order valence-corrected chi connectivity index (χ3v) is 4.03. The minimum absolute atomic E-state index is 0.0840. The lowest BCUT2D eigenvalue weighted by atomic mass is 10.2. The Balaban J connectivity index is 2.17. The molecule has 0 aliphatic heterocycles. The Morgan fingerprint density at radius 1 is 1.30 bits per heavy atom. The fourth-order valence-electron chi connectivity index (χ4n) is 1.89. The summed E-state index contributed by atoms with van der Waals surface area (Å²) in [5, 5.41) is 3.91. The van der Waals surface area contributed by atoms with Crippen molar-refractivity contribution in [3.05, 3.63) is 45.4 Å². The third-order valence-electron chi connectivity index (χ3n) is 2.89. The summed E-state index contributed by atoms with van der Waals surface area (Å²) in [4.78, 5) is 19.5. The van der Waals surface area contributed by atoms with Gasteiger partial charge in [0.2, 0.25) is 0 Å². The van der Waals surface area contributed by atoms with E-state index in [1.165, 1.54) is 11.3 Å². The van der Waals surface area contributed by atoms with Crippen molar-refractivity contribution < 1.29 is 4.79 Å². The number of amides is 1. The molecule has 2 aromatic rings. The van der Waals surface area contributed by atoms with Gasteiger partial charge in [-0.15, -0.1) is 11.3 Å². The molecule has 4 nitrogen and oxygen atoms in total. The van der Waals surface area contributed by atoms with Crippen molar-refractivity contribution in [2.45, 2.75) is 20.4 Å². The quantitative estimate of drug-likeness (QED) is 0.941. The van der Waals surface area contributed by atoms with Crippen molar-refractivity contribution in [2.75, 3.05) is 19.4 Å². The highest BCUT2D eigenvalue weighted by molar-refractivity contribution is 7.13. The molecule has 0 spiro atoms. The first-order chi connectivity index (χ1) is 9.47. The Hall–Kier alpha value is -1.72. The number of anilines is 1. The number of aromatic nitrogens is 1. The van der Waals surface area contributed by atoms with Crippen LogP contribution in [-0.2, 0) is 6.54 Å². The van der Waals surface area contributed by atoms with E-state index in [0.717, 1.165) is 28.5 Å². The molecule has 2 rings (SSSR count). The second-order valence-corrected chi connectivity index (χ2v) is 6.11. The molecule has 106 valence electrons. The fourth-order valence-corrected chi connectivity index (χ4v) is 2.97. The van der Waals surface area contributed by atoms with E-state index in [2.05, 4.69) is 10.3 Å². The number of hydrogen-bond acceptors (Lipinski definition) is 4. The number of rotatable bonds is 4. The summed E-state index contributed by atoms with van der Waals surface area (Å²) in [6, 6.07) is 7.76. The van der Waals surface area contributed by atoms with Gasteiger partial charge in [0.25, 0.3) is 5.91 Å². The molecule has 0 fully saturated rings. The predicted molar refractivity (Wildman–Crippen MR) is 83.4 cm³/mol. The number of benzene rings is 1. The summed E-state index contributed by atoms with van der Waals surface area (Å²) in [5.41, 5.74) is 2.69. The maximum Gasteiger partial charge on any atom is 0.267 e. The van der Waals surface area contributed by atoms with Crippen molar-refractivity contribution in [3.63, 3.8) is 0 Å². The van der Waals surface area contributed by atoms with Crippen molar-refractivity contribution in [1.82, 2.24) is 9.88 Å². The summed E-state index contributed by atoms with van der Waals surface area (Å²) in [7, 11) is 3.98. The lowest BCUT2D eigenvalue weighted by Gasteiger charge is -2.07. The molecule has 1 aromatic carbocycles. The summed E-state index contributed by atoms with van der Waals surface area (Å²) < 4.78 is 0. The number of hydrogen-bond donors (Lipinski definition) is 1. The number of para-hydroxylation sites is 1. The first kappa shape index (κ1) is 14.7. The monoisotopic (exact) mass is 289 g/mol. The zero-order chi connectivity index (χ0) is 14.7. The van der Waals surface area contributed by atoms with Gasteiger partial charge in [0.05, 0.1) is 5.69 Å². The van der Waals surface area contributed by atoms with Crippen LogP contribution in [0.1, 0.15) is 25.9 Å². The normalized spacial score (nSPS) is 10.8. The number of nitrogens with zero attached hydrogens (tertiary/aromatic N) is 2. The van der Waals surface area contributed by atoms with E-state index in [9.17, 15) is 4.79 Å². The zero-order valence-corrected chi connectivity index (χ0v) is 13.0. The molecule has 5 heteroatoms. The Labute approximate surface area is 123 Å². The fraction of sp³-hybridized carbons (Fsp3) is 0.333. The zero-order valence-electron chi connectivity index (χ0n) is 12.2. The molecular formula is C15H19N3OS. The molecule has 0 aliphatic carbocycles. The van der Waals surface area contributed by atoms with E-state index >= 15 is 0 Å². The van der Waals surface area contributed by atoms with Crippen LogP contribution in [0.5, 0.6) is 0 Å². The van der Waals surface area contributed by atoms with E-state index < -0.39 is 0 Å². The maximum atomic E-state index is 12.3. The van der Waals surface area contributed by atoms with Gasteiger partial charge in [0, 0.05) is 12.2 Å². The Morgan fingerprint density at radius 2 is 2.00 bits per heavy atom. The first-order valence-electron chi connectivity index (χ1n) is 6.45. The predicted octanol–water partition coefficient (Wildman–Crippen LogP) is 3.07. The van der Waals surface area contributed by atoms with Crippen molar-refractivity contribution in [1.29, 1.82) is 0 Å². The van der Waals surface area contributed by atoms with Crippen LogP contribution in [0, 0.1) is 13.8 Å². The minimum Gasteiger partial charge on any atom is -0.321 e. The summed E-state index contributed by atoms with van der Waals surface area (Å²) in [5.74, 6) is -0.0840. The largest absolute Gasteiger partial charge is 0.321 e. The molecule has 20 heavy (non-hydrogen) atoms. The number of carbonyl (C=O) groups is 1. The Kier molecular flexibility index (Phi) is 4.52. The molecule has 1 amide bonds. The molecule has 0 atom stereocenters. The molecule has 1 heterocycles. The number of carbonyl (C=O) groups excluding carboxylic acids is 1. The molecule has 0 radical (unpaired) electrons. The van der Waals surface area contributed by atoms with Crippen molar-refractivity contribution in [2.24, 2.45) is 0 Å². The van der Waals surface area contributed by atoms with Crippen molar-refractivity contribution >= 4 is 22.9 Å². The molecule has 0 aliphatic rings. The van der Waals surface area contributed by atoms with Gasteiger partial charge in [-0.3, -0.25) is 4.79 Å². The van der Waals surface area contributed by atoms with Crippen LogP contribution < -0.4 is 5.32 Å². The summed E-state index contributed by atoms with van der Waals surface area (Å²) >= 11 is 1.46. The van der Waals surface area contributed by atoms with Crippen LogP contribution >= 0.6 is 11.3 Å². The Morgan fingerprint density at radius 3 is 2.65 bits per heavy atom. The number of thiazole rings is 1. The Bertz CT molecular complexity index is 619. The van der Waals surface area contributed by atoms with Gasteiger partial charge in [-0.1, -0.05) is 18.2 Å². The van der Waals surface area contributed by atoms with E-state index in [0.29, 0.717) is 4.88 Å². The van der Waals surface area contributed by atoms with Gasteiger partial charge < -0.3 is 10.2 Å². The third kappa shape index (κ3) is 3.43. The topological polar surface area (TPSA) is 45.2 Å². The van der Waals surface area contributed by atoms with E-state index in [1.807, 2.05) is 57.1 Å². The standard InChI is InChI=1S/C15H19N3OS/c1-10-7-5-6-8-12(10)17-15(19)14-11(2)16-13(20-14)9-18(3)4/h5-8H,9H2,1-4H3,(H,17,19). The van der Waals surface area contributed by atoms with Crippen LogP contribution in [0.3, 0.4) is 0 Å². The van der Waals surface area contributed by atoms with Crippen LogP contribution in [0.25, 0.3) is 0 Å². The molecule has 1 N–H and O–H groups in total. The van der Waals surface area contributed by atoms with Crippen LogP contribution in [0.2, 0.25) is 0 Å². The smallest absolute Gasteiger partial charge is 0.267 e. The highest BCUT2D eigenvalue weighted by Gasteiger charge is 2.16. The number of aryl methyl sites for hydroxylation is 2. The first-order valence-corrected chi connectivity index (χ1v) is 7.27. The lowest BCUT2D eigenvalue weighted by molar-refractivity contribution is 0.102. The van der Waals surface area contributed by atoms with E-state index in [-0.39, 0.29) is 5.91 Å². The average Bonchev–Trinajstić information content (AvgIpc) is 2.72. The van der Waals surface area contributed by atoms with Gasteiger partial charge in [-0.2, -0.15) is 0 Å². The van der Waals surface area contributed by atoms with Gasteiger partial charge in [-0.05, 0) is 39.6 Å². The second-order valence-electron chi connectivity index (χ2n) is 5.03. The molecule has 0 saturated heterocycles. The molecular weight excluding hydrogens is 270 g/mol. The van der Waals surface area contributed by atoms with E-state index in [1.54, 1.807) is 0 Å². The van der Waals surface area contributed by atoms with Gasteiger partial charge in [0.15, 0.2) is 0 Å². The molecule has 0 saturated carbocycles. The average molecular weight is 289 g/mol. The van der Waals surface area contributed by atoms with E-state index in [4.69, 9.17) is 0 Å².